The van der Waals surface area contributed by atoms with E-state index in [9.17, 15) is 9.59 Å². The smallest absolute Gasteiger partial charge is 0.318 e. The van der Waals surface area contributed by atoms with Crippen molar-refractivity contribution in [2.75, 3.05) is 40.0 Å². The van der Waals surface area contributed by atoms with Crippen LogP contribution in [-0.4, -0.2) is 73.3 Å². The summed E-state index contributed by atoms with van der Waals surface area (Å²) >= 11 is 1.71. The number of methoxy groups -OCH3 is 1. The molecular weight excluding hydrogens is 478 g/mol. The standard InChI is InChI=1S/C27H37N3O5S/c1-27(2,3)28-26(32)29(16-19-8-7-14-34-19)17-25(31)30-13-11-24-20(12-15-36-24)21(30)18-35-23-10-6-5-9-22(23)33-4/h5-6,9-10,12,15,19,21H,7-8,11,13-14,16-18H2,1-4H3,(H,28,32)/t19-,21+/m1/s1. The third-order valence-corrected chi connectivity index (χ3v) is 7.42. The number of carbonyl (C=O) groups excluding carboxylic acids is 2. The van der Waals surface area contributed by atoms with E-state index in [0.717, 1.165) is 24.8 Å². The molecule has 1 saturated heterocycles. The number of nitrogens with zero attached hydrogens (tertiary/aromatic N) is 2. The van der Waals surface area contributed by atoms with Crippen molar-refractivity contribution in [3.8, 4) is 11.5 Å². The number of carbonyl (C=O) groups is 2. The zero-order valence-corrected chi connectivity index (χ0v) is 22.4. The van der Waals surface area contributed by atoms with Gasteiger partial charge in [0.05, 0.1) is 19.3 Å². The van der Waals surface area contributed by atoms with Gasteiger partial charge in [-0.05, 0) is 69.2 Å². The predicted octanol–water partition coefficient (Wildman–Crippen LogP) is 4.25. The number of para-hydroxylation sites is 2. The molecule has 0 aliphatic carbocycles. The summed E-state index contributed by atoms with van der Waals surface area (Å²) in [7, 11) is 1.61. The van der Waals surface area contributed by atoms with E-state index >= 15 is 0 Å². The van der Waals surface area contributed by atoms with Crippen LogP contribution in [0.25, 0.3) is 0 Å². The average Bonchev–Trinajstić information content (AvgIpc) is 3.53. The molecule has 2 aliphatic rings. The number of rotatable bonds is 8. The van der Waals surface area contributed by atoms with Crippen LogP contribution in [0.4, 0.5) is 4.79 Å². The molecule has 0 bridgehead atoms. The Balaban J connectivity index is 1.51. The van der Waals surface area contributed by atoms with Crippen molar-refractivity contribution < 1.29 is 23.8 Å². The van der Waals surface area contributed by atoms with Gasteiger partial charge in [0.1, 0.15) is 13.2 Å². The summed E-state index contributed by atoms with van der Waals surface area (Å²) in [5, 5.41) is 5.07. The Morgan fingerprint density at radius 2 is 2.00 bits per heavy atom. The number of thiophene rings is 1. The van der Waals surface area contributed by atoms with Gasteiger partial charge >= 0.3 is 6.03 Å². The number of amides is 3. The second kappa shape index (κ2) is 11.5. The van der Waals surface area contributed by atoms with Crippen molar-refractivity contribution in [3.63, 3.8) is 0 Å². The van der Waals surface area contributed by atoms with Crippen molar-refractivity contribution in [2.45, 2.75) is 57.7 Å². The van der Waals surface area contributed by atoms with Gasteiger partial charge in [-0.15, -0.1) is 11.3 Å². The van der Waals surface area contributed by atoms with Gasteiger partial charge in [0.15, 0.2) is 11.5 Å². The van der Waals surface area contributed by atoms with Crippen LogP contribution >= 0.6 is 11.3 Å². The van der Waals surface area contributed by atoms with Crippen molar-refractivity contribution in [3.05, 3.63) is 46.2 Å². The minimum atomic E-state index is -0.406. The zero-order valence-electron chi connectivity index (χ0n) is 21.6. The second-order valence-electron chi connectivity index (χ2n) is 10.3. The van der Waals surface area contributed by atoms with E-state index in [4.69, 9.17) is 14.2 Å². The number of hydrogen-bond acceptors (Lipinski definition) is 6. The first-order chi connectivity index (χ1) is 17.2. The monoisotopic (exact) mass is 515 g/mol. The Kier molecular flexibility index (Phi) is 8.41. The van der Waals surface area contributed by atoms with Crippen LogP contribution < -0.4 is 14.8 Å². The number of benzene rings is 1. The molecule has 0 saturated carbocycles. The SMILES string of the molecule is COc1ccccc1OC[C@H]1c2ccsc2CCN1C(=O)CN(C[C@H]1CCCO1)C(=O)NC(C)(C)C. The van der Waals surface area contributed by atoms with Gasteiger partial charge in [-0.1, -0.05) is 12.1 Å². The Hall–Kier alpha value is -2.78. The third kappa shape index (κ3) is 6.50. The number of urea groups is 1. The first kappa shape index (κ1) is 26.3. The molecule has 196 valence electrons. The molecule has 36 heavy (non-hydrogen) atoms. The molecule has 1 N–H and O–H groups in total. The summed E-state index contributed by atoms with van der Waals surface area (Å²) in [6.45, 7) is 7.78. The first-order valence-corrected chi connectivity index (χ1v) is 13.4. The highest BCUT2D eigenvalue weighted by Crippen LogP contribution is 2.35. The van der Waals surface area contributed by atoms with Crippen LogP contribution in [0, 0.1) is 0 Å². The summed E-state index contributed by atoms with van der Waals surface area (Å²) in [6, 6.07) is 9.09. The minimum Gasteiger partial charge on any atom is -0.493 e. The minimum absolute atomic E-state index is 0.00754. The molecule has 3 heterocycles. The normalized spacial score (nSPS) is 19.5. The lowest BCUT2D eigenvalue weighted by molar-refractivity contribution is -0.135. The van der Waals surface area contributed by atoms with Crippen LogP contribution in [0.15, 0.2) is 35.7 Å². The van der Waals surface area contributed by atoms with Gasteiger partial charge < -0.3 is 29.3 Å². The number of fused-ring (bicyclic) bond motifs is 1. The van der Waals surface area contributed by atoms with Crippen LogP contribution in [0.5, 0.6) is 11.5 Å². The largest absolute Gasteiger partial charge is 0.493 e. The van der Waals surface area contributed by atoms with E-state index in [2.05, 4.69) is 16.8 Å². The van der Waals surface area contributed by atoms with Crippen molar-refractivity contribution in [1.82, 2.24) is 15.1 Å². The lowest BCUT2D eigenvalue weighted by atomic mass is 10.0. The van der Waals surface area contributed by atoms with Crippen molar-refractivity contribution in [1.29, 1.82) is 0 Å². The molecule has 8 nitrogen and oxygen atoms in total. The lowest BCUT2D eigenvalue weighted by Crippen LogP contribution is -2.54. The fraction of sp³-hybridized carbons (Fsp3) is 0.556. The van der Waals surface area contributed by atoms with E-state index in [-0.39, 0.29) is 30.6 Å². The van der Waals surface area contributed by atoms with Gasteiger partial charge in [0, 0.05) is 30.1 Å². The van der Waals surface area contributed by atoms with E-state index < -0.39 is 5.54 Å². The van der Waals surface area contributed by atoms with Gasteiger partial charge in [-0.2, -0.15) is 0 Å². The third-order valence-electron chi connectivity index (χ3n) is 6.42. The topological polar surface area (TPSA) is 80.3 Å². The summed E-state index contributed by atoms with van der Waals surface area (Å²) in [6.07, 6.45) is 2.62. The molecule has 2 aliphatic heterocycles. The molecule has 0 spiro atoms. The Bertz CT molecular complexity index is 1040. The number of nitrogens with one attached hydrogen (secondary N) is 1. The Morgan fingerprint density at radius 1 is 1.22 bits per heavy atom. The van der Waals surface area contributed by atoms with Crippen LogP contribution in [0.3, 0.4) is 0 Å². The maximum absolute atomic E-state index is 13.7. The highest BCUT2D eigenvalue weighted by molar-refractivity contribution is 7.10. The molecule has 1 aromatic carbocycles. The maximum atomic E-state index is 13.7. The molecule has 4 rings (SSSR count). The maximum Gasteiger partial charge on any atom is 0.318 e. The van der Waals surface area contributed by atoms with Gasteiger partial charge in [-0.25, -0.2) is 4.79 Å². The highest BCUT2D eigenvalue weighted by Gasteiger charge is 2.35. The van der Waals surface area contributed by atoms with Gasteiger partial charge in [0.25, 0.3) is 0 Å². The van der Waals surface area contributed by atoms with Crippen LogP contribution in [0.2, 0.25) is 0 Å². The summed E-state index contributed by atoms with van der Waals surface area (Å²) < 4.78 is 17.4. The summed E-state index contributed by atoms with van der Waals surface area (Å²) in [5.74, 6) is 1.19. The van der Waals surface area contributed by atoms with E-state index in [1.165, 1.54) is 4.88 Å². The molecule has 2 aromatic rings. The fourth-order valence-corrected chi connectivity index (χ4v) is 5.62. The van der Waals surface area contributed by atoms with E-state index in [1.807, 2.05) is 49.9 Å². The van der Waals surface area contributed by atoms with Crippen molar-refractivity contribution in [2.24, 2.45) is 0 Å². The van der Waals surface area contributed by atoms with Gasteiger partial charge in [-0.3, -0.25) is 4.79 Å². The average molecular weight is 516 g/mol. The van der Waals surface area contributed by atoms with Crippen molar-refractivity contribution >= 4 is 23.3 Å². The quantitative estimate of drug-likeness (QED) is 0.569. The molecule has 3 amide bonds. The Morgan fingerprint density at radius 3 is 2.69 bits per heavy atom. The molecular formula is C27H37N3O5S. The Labute approximate surface area is 217 Å². The van der Waals surface area contributed by atoms with E-state index in [0.29, 0.717) is 37.8 Å². The molecule has 1 aromatic heterocycles. The predicted molar refractivity (Wildman–Crippen MR) is 140 cm³/mol. The number of ether oxygens (including phenoxy) is 3. The van der Waals surface area contributed by atoms with Crippen LogP contribution in [-0.2, 0) is 16.0 Å². The highest BCUT2D eigenvalue weighted by atomic mass is 32.1. The van der Waals surface area contributed by atoms with Crippen LogP contribution in [0.1, 0.15) is 50.1 Å². The number of hydrogen-bond donors (Lipinski definition) is 1. The summed E-state index contributed by atoms with van der Waals surface area (Å²) in [5.41, 5.74) is 0.704. The molecule has 0 unspecified atom stereocenters. The van der Waals surface area contributed by atoms with Gasteiger partial charge in [0.2, 0.25) is 5.91 Å². The molecule has 9 heteroatoms. The summed E-state index contributed by atoms with van der Waals surface area (Å²) in [4.78, 5) is 31.6. The zero-order chi connectivity index (χ0) is 25.7. The molecule has 2 atom stereocenters. The lowest BCUT2D eigenvalue weighted by Gasteiger charge is -2.37. The molecule has 1 fully saturated rings. The first-order valence-electron chi connectivity index (χ1n) is 12.6. The fourth-order valence-electron chi connectivity index (χ4n) is 4.69. The van der Waals surface area contributed by atoms with E-state index in [1.54, 1.807) is 23.3 Å². The molecule has 0 radical (unpaired) electrons. The second-order valence-corrected chi connectivity index (χ2v) is 11.3.